The van der Waals surface area contributed by atoms with Crippen molar-refractivity contribution in [1.29, 1.82) is 0 Å². The van der Waals surface area contributed by atoms with Gasteiger partial charge in [-0.3, -0.25) is 0 Å². The van der Waals surface area contributed by atoms with Gasteiger partial charge >= 0.3 is 5.97 Å². The van der Waals surface area contributed by atoms with Gasteiger partial charge in [-0.25, -0.2) is 9.18 Å². The Hall–Kier alpha value is -1.42. The highest BCUT2D eigenvalue weighted by Crippen LogP contribution is 2.33. The number of hydrogen-bond donors (Lipinski definition) is 1. The molecule has 2 rings (SSSR count). The van der Waals surface area contributed by atoms with Gasteiger partial charge < -0.3 is 9.84 Å². The van der Waals surface area contributed by atoms with Crippen molar-refractivity contribution in [3.63, 3.8) is 0 Å². The summed E-state index contributed by atoms with van der Waals surface area (Å²) in [7, 11) is 0. The van der Waals surface area contributed by atoms with Crippen molar-refractivity contribution in [2.75, 3.05) is 13.2 Å². The fraction of sp³-hybridized carbons (Fsp3) is 0.462. The SMILES string of the molecule is O=C(O)c1ccc(C(F)C2CCOCC2)cc1. The zero-order valence-electron chi connectivity index (χ0n) is 9.43. The highest BCUT2D eigenvalue weighted by atomic mass is 19.1. The first-order valence-corrected chi connectivity index (χ1v) is 5.73. The van der Waals surface area contributed by atoms with Crippen molar-refractivity contribution in [1.82, 2.24) is 0 Å². The molecule has 0 radical (unpaired) electrons. The van der Waals surface area contributed by atoms with Gasteiger partial charge in [0.2, 0.25) is 0 Å². The van der Waals surface area contributed by atoms with Crippen LogP contribution < -0.4 is 0 Å². The second kappa shape index (κ2) is 5.27. The molecule has 1 fully saturated rings. The van der Waals surface area contributed by atoms with E-state index in [-0.39, 0.29) is 11.5 Å². The van der Waals surface area contributed by atoms with Gasteiger partial charge in [-0.15, -0.1) is 0 Å². The fourth-order valence-electron chi connectivity index (χ4n) is 2.09. The molecule has 1 saturated heterocycles. The molecule has 17 heavy (non-hydrogen) atoms. The number of carboxylic acids is 1. The van der Waals surface area contributed by atoms with Crippen molar-refractivity contribution in [3.8, 4) is 0 Å². The Morgan fingerprint density at radius 1 is 1.29 bits per heavy atom. The van der Waals surface area contributed by atoms with Gasteiger partial charge in [0.25, 0.3) is 0 Å². The summed E-state index contributed by atoms with van der Waals surface area (Å²) in [6, 6.07) is 6.01. The molecule has 3 nitrogen and oxygen atoms in total. The number of hydrogen-bond acceptors (Lipinski definition) is 2. The molecule has 1 unspecified atom stereocenters. The topological polar surface area (TPSA) is 46.5 Å². The van der Waals surface area contributed by atoms with Gasteiger partial charge in [0.1, 0.15) is 6.17 Å². The summed E-state index contributed by atoms with van der Waals surface area (Å²) < 4.78 is 19.3. The predicted molar refractivity (Wildman–Crippen MR) is 60.8 cm³/mol. The van der Waals surface area contributed by atoms with Gasteiger partial charge in [0, 0.05) is 13.2 Å². The molecule has 0 aromatic heterocycles. The first kappa shape index (κ1) is 12.0. The Kier molecular flexibility index (Phi) is 3.74. The highest BCUT2D eigenvalue weighted by Gasteiger charge is 2.25. The molecule has 0 bridgehead atoms. The minimum atomic E-state index is -1.03. The molecule has 1 aromatic rings. The molecule has 0 spiro atoms. The largest absolute Gasteiger partial charge is 0.478 e. The van der Waals surface area contributed by atoms with E-state index in [4.69, 9.17) is 9.84 Å². The smallest absolute Gasteiger partial charge is 0.335 e. The first-order chi connectivity index (χ1) is 8.18. The van der Waals surface area contributed by atoms with E-state index in [2.05, 4.69) is 0 Å². The lowest BCUT2D eigenvalue weighted by molar-refractivity contribution is 0.0365. The number of ether oxygens (including phenoxy) is 1. The Bertz CT molecular complexity index is 382. The van der Waals surface area contributed by atoms with Gasteiger partial charge in [-0.1, -0.05) is 12.1 Å². The van der Waals surface area contributed by atoms with E-state index in [1.54, 1.807) is 12.1 Å². The maximum atomic E-state index is 14.2. The number of alkyl halides is 1. The van der Waals surface area contributed by atoms with Crippen molar-refractivity contribution >= 4 is 5.97 Å². The fourth-order valence-corrected chi connectivity index (χ4v) is 2.09. The third-order valence-corrected chi connectivity index (χ3v) is 3.16. The summed E-state index contributed by atoms with van der Waals surface area (Å²) >= 11 is 0. The van der Waals surface area contributed by atoms with Crippen molar-refractivity contribution in [2.45, 2.75) is 19.0 Å². The molecule has 92 valence electrons. The van der Waals surface area contributed by atoms with Gasteiger partial charge in [0.05, 0.1) is 5.56 Å². The van der Waals surface area contributed by atoms with Crippen LogP contribution in [0.3, 0.4) is 0 Å². The zero-order chi connectivity index (χ0) is 12.3. The molecule has 0 saturated carbocycles. The molecule has 1 aromatic carbocycles. The molecule has 1 atom stereocenters. The van der Waals surface area contributed by atoms with Crippen LogP contribution in [0.4, 0.5) is 4.39 Å². The summed E-state index contributed by atoms with van der Waals surface area (Å²) in [6.45, 7) is 1.22. The monoisotopic (exact) mass is 238 g/mol. The van der Waals surface area contributed by atoms with Crippen molar-refractivity contribution in [2.24, 2.45) is 5.92 Å². The summed E-state index contributed by atoms with van der Waals surface area (Å²) in [6.07, 6.45) is 0.422. The van der Waals surface area contributed by atoms with Crippen LogP contribution in [0.5, 0.6) is 0 Å². The van der Waals surface area contributed by atoms with E-state index >= 15 is 0 Å². The maximum Gasteiger partial charge on any atom is 0.335 e. The van der Waals surface area contributed by atoms with Crippen LogP contribution >= 0.6 is 0 Å². The van der Waals surface area contributed by atoms with E-state index < -0.39 is 12.1 Å². The number of benzene rings is 1. The maximum absolute atomic E-state index is 14.2. The molecular formula is C13H15FO3. The number of halogens is 1. The molecule has 0 aliphatic carbocycles. The summed E-state index contributed by atoms with van der Waals surface area (Å²) in [5, 5.41) is 8.75. The van der Waals surface area contributed by atoms with Crippen molar-refractivity contribution in [3.05, 3.63) is 35.4 Å². The van der Waals surface area contributed by atoms with Gasteiger partial charge in [0.15, 0.2) is 0 Å². The normalized spacial score (nSPS) is 18.9. The Morgan fingerprint density at radius 2 is 1.88 bits per heavy atom. The average molecular weight is 238 g/mol. The lowest BCUT2D eigenvalue weighted by Crippen LogP contribution is -2.19. The highest BCUT2D eigenvalue weighted by molar-refractivity contribution is 5.87. The van der Waals surface area contributed by atoms with E-state index in [1.165, 1.54) is 12.1 Å². The third kappa shape index (κ3) is 2.82. The molecule has 1 heterocycles. The molecule has 0 amide bonds. The lowest BCUT2D eigenvalue weighted by Gasteiger charge is -2.25. The molecule has 4 heteroatoms. The van der Waals surface area contributed by atoms with Gasteiger partial charge in [-0.2, -0.15) is 0 Å². The number of rotatable bonds is 3. The van der Waals surface area contributed by atoms with Crippen LogP contribution in [-0.4, -0.2) is 24.3 Å². The molecule has 1 N–H and O–H groups in total. The van der Waals surface area contributed by atoms with E-state index in [0.717, 1.165) is 12.8 Å². The standard InChI is InChI=1S/C13H15FO3/c14-12(10-5-7-17-8-6-10)9-1-3-11(4-2-9)13(15)16/h1-4,10,12H,5-8H2,(H,15,16). The molecule has 1 aliphatic heterocycles. The van der Waals surface area contributed by atoms with Crippen LogP contribution in [-0.2, 0) is 4.74 Å². The minimum absolute atomic E-state index is 0.0144. The Morgan fingerprint density at radius 3 is 2.41 bits per heavy atom. The number of carbonyl (C=O) groups is 1. The molecule has 1 aliphatic rings. The predicted octanol–water partition coefficient (Wildman–Crippen LogP) is 2.82. The first-order valence-electron chi connectivity index (χ1n) is 5.73. The zero-order valence-corrected chi connectivity index (χ0v) is 9.43. The summed E-state index contributed by atoms with van der Waals surface area (Å²) in [5.41, 5.74) is 0.745. The quantitative estimate of drug-likeness (QED) is 0.880. The van der Waals surface area contributed by atoms with Gasteiger partial charge in [-0.05, 0) is 36.5 Å². The number of carboxylic acid groups (broad SMARTS) is 1. The second-order valence-electron chi connectivity index (χ2n) is 4.28. The average Bonchev–Trinajstić information content (AvgIpc) is 2.39. The van der Waals surface area contributed by atoms with Crippen LogP contribution in [0, 0.1) is 5.92 Å². The summed E-state index contributed by atoms with van der Waals surface area (Å²) in [4.78, 5) is 10.7. The van der Waals surface area contributed by atoms with E-state index in [1.807, 2.05) is 0 Å². The second-order valence-corrected chi connectivity index (χ2v) is 4.28. The molecular weight excluding hydrogens is 223 g/mol. The third-order valence-electron chi connectivity index (χ3n) is 3.16. The van der Waals surface area contributed by atoms with Crippen LogP contribution in [0.2, 0.25) is 0 Å². The van der Waals surface area contributed by atoms with Crippen LogP contribution in [0.15, 0.2) is 24.3 Å². The van der Waals surface area contributed by atoms with Crippen LogP contribution in [0.25, 0.3) is 0 Å². The van der Waals surface area contributed by atoms with Crippen molar-refractivity contribution < 1.29 is 19.0 Å². The summed E-state index contributed by atoms with van der Waals surface area (Å²) in [5.74, 6) is -1.00. The van der Waals surface area contributed by atoms with Crippen LogP contribution in [0.1, 0.15) is 34.9 Å². The number of aromatic carboxylic acids is 1. The Balaban J connectivity index is 2.07. The van der Waals surface area contributed by atoms with E-state index in [0.29, 0.717) is 18.8 Å². The minimum Gasteiger partial charge on any atom is -0.478 e. The Labute approximate surface area is 99.2 Å². The van der Waals surface area contributed by atoms with E-state index in [9.17, 15) is 9.18 Å². The lowest BCUT2D eigenvalue weighted by atomic mass is 9.90.